The minimum Gasteiger partial charge on any atom is -0.353 e. The summed E-state index contributed by atoms with van der Waals surface area (Å²) in [6, 6.07) is 0.647. The molecule has 3 heteroatoms. The summed E-state index contributed by atoms with van der Waals surface area (Å²) in [6.45, 7) is 2.18. The molecule has 0 aliphatic heterocycles. The highest BCUT2D eigenvalue weighted by atomic mass is 16.1. The fraction of sp³-hybridized carbons (Fsp3) is 0.917. The van der Waals surface area contributed by atoms with Crippen molar-refractivity contribution in [1.82, 2.24) is 5.32 Å². The van der Waals surface area contributed by atoms with Crippen LogP contribution in [0.5, 0.6) is 0 Å². The summed E-state index contributed by atoms with van der Waals surface area (Å²) in [5.74, 6) is 0.213. The van der Waals surface area contributed by atoms with Gasteiger partial charge in [-0.05, 0) is 25.7 Å². The molecule has 0 radical (unpaired) electrons. The van der Waals surface area contributed by atoms with Gasteiger partial charge in [0.15, 0.2) is 0 Å². The van der Waals surface area contributed by atoms with Crippen LogP contribution in [-0.2, 0) is 4.79 Å². The van der Waals surface area contributed by atoms with Crippen LogP contribution >= 0.6 is 0 Å². The van der Waals surface area contributed by atoms with Crippen molar-refractivity contribution in [2.75, 3.05) is 0 Å². The summed E-state index contributed by atoms with van der Waals surface area (Å²) in [7, 11) is 0. The number of rotatable bonds is 6. The molecule has 3 nitrogen and oxygen atoms in total. The Morgan fingerprint density at radius 1 is 1.33 bits per heavy atom. The summed E-state index contributed by atoms with van der Waals surface area (Å²) in [5.41, 5.74) is 5.79. The molecule has 1 amide bonds. The zero-order valence-corrected chi connectivity index (χ0v) is 9.80. The Morgan fingerprint density at radius 3 is 2.73 bits per heavy atom. The van der Waals surface area contributed by atoms with Crippen LogP contribution in [0.1, 0.15) is 58.3 Å². The Kier molecular flexibility index (Phi) is 5.69. The minimum atomic E-state index is 0.213. The van der Waals surface area contributed by atoms with E-state index in [2.05, 4.69) is 12.2 Å². The molecule has 0 aromatic heterocycles. The monoisotopic (exact) mass is 212 g/mol. The summed E-state index contributed by atoms with van der Waals surface area (Å²) in [6.07, 6.45) is 8.42. The van der Waals surface area contributed by atoms with Crippen LogP contribution in [0.3, 0.4) is 0 Å². The molecule has 3 N–H and O–H groups in total. The lowest BCUT2D eigenvalue weighted by Crippen LogP contribution is -2.33. The lowest BCUT2D eigenvalue weighted by Gasteiger charge is -2.12. The van der Waals surface area contributed by atoms with Gasteiger partial charge in [0, 0.05) is 18.5 Å². The third-order valence-electron chi connectivity index (χ3n) is 3.10. The first-order valence-corrected chi connectivity index (χ1v) is 6.27. The molecule has 0 bridgehead atoms. The van der Waals surface area contributed by atoms with Gasteiger partial charge >= 0.3 is 0 Å². The topological polar surface area (TPSA) is 55.1 Å². The highest BCUT2D eigenvalue weighted by Gasteiger charge is 2.22. The van der Waals surface area contributed by atoms with Gasteiger partial charge in [-0.2, -0.15) is 0 Å². The number of hydrogen-bond acceptors (Lipinski definition) is 2. The number of nitrogens with two attached hydrogens (primary N) is 1. The van der Waals surface area contributed by atoms with Crippen LogP contribution in [0.25, 0.3) is 0 Å². The number of nitrogens with one attached hydrogen (secondary N) is 1. The third kappa shape index (κ3) is 5.17. The Bertz CT molecular complexity index is 194. The minimum absolute atomic E-state index is 0.213. The third-order valence-corrected chi connectivity index (χ3v) is 3.10. The molecule has 0 spiro atoms. The van der Waals surface area contributed by atoms with Gasteiger partial charge in [-0.1, -0.05) is 26.2 Å². The van der Waals surface area contributed by atoms with Crippen molar-refractivity contribution in [2.45, 2.75) is 70.4 Å². The SMILES string of the molecule is CCCCCCC(=O)NC1CCC(N)C1. The second kappa shape index (κ2) is 6.83. The molecule has 1 rings (SSSR count). The fourth-order valence-electron chi connectivity index (χ4n) is 2.16. The van der Waals surface area contributed by atoms with Gasteiger partial charge in [0.05, 0.1) is 0 Å². The molecule has 0 aromatic carbocycles. The molecule has 0 saturated heterocycles. The Hall–Kier alpha value is -0.570. The maximum absolute atomic E-state index is 11.5. The molecule has 15 heavy (non-hydrogen) atoms. The first-order valence-electron chi connectivity index (χ1n) is 6.27. The van der Waals surface area contributed by atoms with Crippen molar-refractivity contribution in [3.8, 4) is 0 Å². The Balaban J connectivity index is 2.03. The molecule has 1 aliphatic rings. The summed E-state index contributed by atoms with van der Waals surface area (Å²) in [4.78, 5) is 11.5. The highest BCUT2D eigenvalue weighted by molar-refractivity contribution is 5.76. The van der Waals surface area contributed by atoms with E-state index < -0.39 is 0 Å². The number of hydrogen-bond donors (Lipinski definition) is 2. The van der Waals surface area contributed by atoms with E-state index in [9.17, 15) is 4.79 Å². The van der Waals surface area contributed by atoms with E-state index in [1.807, 2.05) is 0 Å². The van der Waals surface area contributed by atoms with Gasteiger partial charge in [-0.25, -0.2) is 0 Å². The predicted octanol–water partition coefficient (Wildman–Crippen LogP) is 1.95. The average Bonchev–Trinajstić information content (AvgIpc) is 2.59. The molecule has 88 valence electrons. The van der Waals surface area contributed by atoms with Crippen molar-refractivity contribution in [3.63, 3.8) is 0 Å². The van der Waals surface area contributed by atoms with Crippen LogP contribution in [0.15, 0.2) is 0 Å². The van der Waals surface area contributed by atoms with E-state index in [-0.39, 0.29) is 5.91 Å². The molecule has 2 unspecified atom stereocenters. The van der Waals surface area contributed by atoms with Crippen LogP contribution < -0.4 is 11.1 Å². The Morgan fingerprint density at radius 2 is 2.13 bits per heavy atom. The lowest BCUT2D eigenvalue weighted by atomic mass is 10.1. The van der Waals surface area contributed by atoms with E-state index in [0.717, 1.165) is 25.7 Å². The zero-order valence-electron chi connectivity index (χ0n) is 9.80. The van der Waals surface area contributed by atoms with E-state index in [0.29, 0.717) is 18.5 Å². The first kappa shape index (κ1) is 12.5. The fourth-order valence-corrected chi connectivity index (χ4v) is 2.16. The zero-order chi connectivity index (χ0) is 11.1. The summed E-state index contributed by atoms with van der Waals surface area (Å²) in [5, 5.41) is 3.07. The van der Waals surface area contributed by atoms with Gasteiger partial charge in [0.2, 0.25) is 5.91 Å². The quantitative estimate of drug-likeness (QED) is 0.661. The smallest absolute Gasteiger partial charge is 0.220 e. The molecule has 2 atom stereocenters. The largest absolute Gasteiger partial charge is 0.353 e. The maximum Gasteiger partial charge on any atom is 0.220 e. The highest BCUT2D eigenvalue weighted by Crippen LogP contribution is 2.17. The first-order chi connectivity index (χ1) is 7.22. The van der Waals surface area contributed by atoms with E-state index in [1.54, 1.807) is 0 Å². The summed E-state index contributed by atoms with van der Waals surface area (Å²) >= 11 is 0. The molecular formula is C12H24N2O. The van der Waals surface area contributed by atoms with E-state index in [4.69, 9.17) is 5.73 Å². The number of carbonyl (C=O) groups excluding carboxylic acids is 1. The van der Waals surface area contributed by atoms with Crippen LogP contribution in [-0.4, -0.2) is 18.0 Å². The van der Waals surface area contributed by atoms with Gasteiger partial charge < -0.3 is 11.1 Å². The molecular weight excluding hydrogens is 188 g/mol. The van der Waals surface area contributed by atoms with E-state index >= 15 is 0 Å². The van der Waals surface area contributed by atoms with E-state index in [1.165, 1.54) is 19.3 Å². The Labute approximate surface area is 92.8 Å². The second-order valence-electron chi connectivity index (χ2n) is 4.65. The lowest BCUT2D eigenvalue weighted by molar-refractivity contribution is -0.121. The molecule has 0 heterocycles. The van der Waals surface area contributed by atoms with Crippen LogP contribution in [0.2, 0.25) is 0 Å². The average molecular weight is 212 g/mol. The second-order valence-corrected chi connectivity index (χ2v) is 4.65. The van der Waals surface area contributed by atoms with Crippen molar-refractivity contribution in [3.05, 3.63) is 0 Å². The predicted molar refractivity (Wildman–Crippen MR) is 62.5 cm³/mol. The molecule has 1 aliphatic carbocycles. The normalized spacial score (nSPS) is 25.5. The molecule has 1 fully saturated rings. The number of carbonyl (C=O) groups is 1. The number of amides is 1. The van der Waals surface area contributed by atoms with Gasteiger partial charge in [0.25, 0.3) is 0 Å². The summed E-state index contributed by atoms with van der Waals surface area (Å²) < 4.78 is 0. The van der Waals surface area contributed by atoms with Gasteiger partial charge in [-0.3, -0.25) is 4.79 Å². The standard InChI is InChI=1S/C12H24N2O/c1-2-3-4-5-6-12(15)14-11-8-7-10(13)9-11/h10-11H,2-9,13H2,1H3,(H,14,15). The van der Waals surface area contributed by atoms with Crippen molar-refractivity contribution < 1.29 is 4.79 Å². The van der Waals surface area contributed by atoms with Crippen molar-refractivity contribution >= 4 is 5.91 Å². The van der Waals surface area contributed by atoms with Gasteiger partial charge in [0.1, 0.15) is 0 Å². The molecule has 1 saturated carbocycles. The van der Waals surface area contributed by atoms with Crippen molar-refractivity contribution in [2.24, 2.45) is 5.73 Å². The van der Waals surface area contributed by atoms with Crippen molar-refractivity contribution in [1.29, 1.82) is 0 Å². The number of unbranched alkanes of at least 4 members (excludes halogenated alkanes) is 3. The van der Waals surface area contributed by atoms with Gasteiger partial charge in [-0.15, -0.1) is 0 Å². The molecule has 0 aromatic rings. The van der Waals surface area contributed by atoms with Crippen LogP contribution in [0, 0.1) is 0 Å². The van der Waals surface area contributed by atoms with Crippen LogP contribution in [0.4, 0.5) is 0 Å². The maximum atomic E-state index is 11.5.